The molecule has 106 valence electrons. The molecule has 0 saturated heterocycles. The third kappa shape index (κ3) is 5.07. The molecule has 1 amide bonds. The Morgan fingerprint density at radius 2 is 2.11 bits per heavy atom. The van der Waals surface area contributed by atoms with Gasteiger partial charge in [-0.2, -0.15) is 0 Å². The molecule has 0 atom stereocenters. The van der Waals surface area contributed by atoms with E-state index < -0.39 is 0 Å². The summed E-state index contributed by atoms with van der Waals surface area (Å²) in [7, 11) is 1.85. The zero-order valence-electron chi connectivity index (χ0n) is 12.1. The van der Waals surface area contributed by atoms with Crippen LogP contribution in [0, 0.1) is 0 Å². The number of likely N-dealkylation sites (N-methyl/N-ethyl adjacent to an activating group) is 2. The van der Waals surface area contributed by atoms with Gasteiger partial charge in [-0.1, -0.05) is 0 Å². The van der Waals surface area contributed by atoms with E-state index in [1.807, 2.05) is 44.9 Å². The molecule has 5 heteroatoms. The normalized spacial score (nSPS) is 10.4. The van der Waals surface area contributed by atoms with Gasteiger partial charge in [-0.05, 0) is 26.8 Å². The second-order valence-corrected chi connectivity index (χ2v) is 4.74. The highest BCUT2D eigenvalue weighted by Crippen LogP contribution is 2.25. The predicted octanol–water partition coefficient (Wildman–Crippen LogP) is 1.63. The van der Waals surface area contributed by atoms with Crippen molar-refractivity contribution in [1.82, 2.24) is 5.32 Å². The van der Waals surface area contributed by atoms with Crippen LogP contribution in [0.1, 0.15) is 20.8 Å². The van der Waals surface area contributed by atoms with Crippen LogP contribution in [0.5, 0.6) is 5.75 Å². The highest BCUT2D eigenvalue weighted by Gasteiger charge is 2.09. The average Bonchev–Trinajstić information content (AvgIpc) is 2.27. The Morgan fingerprint density at radius 1 is 1.42 bits per heavy atom. The fourth-order valence-electron chi connectivity index (χ4n) is 1.73. The van der Waals surface area contributed by atoms with Gasteiger partial charge in [-0.3, -0.25) is 4.79 Å². The summed E-state index contributed by atoms with van der Waals surface area (Å²) in [6.07, 6.45) is 0.0864. The Labute approximate surface area is 114 Å². The van der Waals surface area contributed by atoms with Gasteiger partial charge in [0.1, 0.15) is 5.75 Å². The lowest BCUT2D eigenvalue weighted by Gasteiger charge is -2.20. The van der Waals surface area contributed by atoms with Gasteiger partial charge >= 0.3 is 0 Å². The number of nitrogens with zero attached hydrogens (tertiary/aromatic N) is 1. The van der Waals surface area contributed by atoms with Crippen molar-refractivity contribution < 1.29 is 9.53 Å². The topological polar surface area (TPSA) is 67.6 Å². The number of nitrogens with one attached hydrogen (secondary N) is 1. The van der Waals surface area contributed by atoms with Crippen molar-refractivity contribution >= 4 is 17.3 Å². The lowest BCUT2D eigenvalue weighted by atomic mass is 10.2. The number of amides is 1. The number of hydrogen-bond donors (Lipinski definition) is 2. The van der Waals surface area contributed by atoms with E-state index in [2.05, 4.69) is 5.32 Å². The summed E-state index contributed by atoms with van der Waals surface area (Å²) in [5.41, 5.74) is 7.34. The quantitative estimate of drug-likeness (QED) is 0.767. The van der Waals surface area contributed by atoms with Crippen LogP contribution in [0.15, 0.2) is 18.2 Å². The second-order valence-electron chi connectivity index (χ2n) is 4.74. The molecule has 3 N–H and O–H groups in total. The van der Waals surface area contributed by atoms with E-state index >= 15 is 0 Å². The molecule has 1 aromatic rings. The molecule has 0 fully saturated rings. The molecular weight excluding hydrogens is 242 g/mol. The van der Waals surface area contributed by atoms with Gasteiger partial charge in [-0.25, -0.2) is 0 Å². The van der Waals surface area contributed by atoms with E-state index in [9.17, 15) is 4.79 Å². The number of carbonyl (C=O) groups excluding carboxylic acids is 1. The van der Waals surface area contributed by atoms with E-state index in [0.29, 0.717) is 24.5 Å². The molecule has 0 saturated carbocycles. The third-order valence-corrected chi connectivity index (χ3v) is 2.48. The number of nitrogens with two attached hydrogens (primary N) is 1. The van der Waals surface area contributed by atoms with Crippen LogP contribution in [0.4, 0.5) is 11.4 Å². The van der Waals surface area contributed by atoms with Gasteiger partial charge < -0.3 is 20.7 Å². The molecule has 0 radical (unpaired) electrons. The maximum absolute atomic E-state index is 11.6. The van der Waals surface area contributed by atoms with E-state index in [1.165, 1.54) is 0 Å². The Hall–Kier alpha value is -1.91. The van der Waals surface area contributed by atoms with Crippen molar-refractivity contribution in [2.75, 3.05) is 30.8 Å². The largest absolute Gasteiger partial charge is 0.491 e. The highest BCUT2D eigenvalue weighted by molar-refractivity contribution is 5.81. The lowest BCUT2D eigenvalue weighted by molar-refractivity contribution is -0.119. The Kier molecular flexibility index (Phi) is 5.48. The van der Waals surface area contributed by atoms with Crippen molar-refractivity contribution in [2.24, 2.45) is 0 Å². The highest BCUT2D eigenvalue weighted by atomic mass is 16.5. The van der Waals surface area contributed by atoms with Crippen LogP contribution in [0.2, 0.25) is 0 Å². The van der Waals surface area contributed by atoms with Crippen LogP contribution >= 0.6 is 0 Å². The Balaban J connectivity index is 2.81. The zero-order chi connectivity index (χ0) is 14.4. The number of nitrogen functional groups attached to an aromatic ring is 1. The first-order chi connectivity index (χ1) is 8.92. The summed E-state index contributed by atoms with van der Waals surface area (Å²) >= 11 is 0. The lowest BCUT2D eigenvalue weighted by Crippen LogP contribution is -2.35. The number of ether oxygens (including phenoxy) is 1. The van der Waals surface area contributed by atoms with Crippen LogP contribution < -0.4 is 20.7 Å². The first-order valence-electron chi connectivity index (χ1n) is 6.47. The minimum atomic E-state index is -0.0150. The first-order valence-corrected chi connectivity index (χ1v) is 6.47. The molecule has 19 heavy (non-hydrogen) atoms. The molecule has 0 unspecified atom stereocenters. The molecule has 0 aliphatic rings. The summed E-state index contributed by atoms with van der Waals surface area (Å²) in [4.78, 5) is 13.4. The van der Waals surface area contributed by atoms with Gasteiger partial charge in [0.05, 0.1) is 12.6 Å². The van der Waals surface area contributed by atoms with Gasteiger partial charge in [0.15, 0.2) is 0 Å². The fourth-order valence-corrected chi connectivity index (χ4v) is 1.73. The van der Waals surface area contributed by atoms with Crippen LogP contribution in [-0.2, 0) is 4.79 Å². The van der Waals surface area contributed by atoms with Crippen molar-refractivity contribution in [3.8, 4) is 5.75 Å². The van der Waals surface area contributed by atoms with Crippen molar-refractivity contribution in [3.05, 3.63) is 18.2 Å². The van der Waals surface area contributed by atoms with Crippen molar-refractivity contribution in [3.63, 3.8) is 0 Å². The predicted molar refractivity (Wildman–Crippen MR) is 78.6 cm³/mol. The standard InChI is InChI=1S/C14H23N3O2/c1-5-16-14(18)9-17(4)12-6-11(15)7-13(8-12)19-10(2)3/h6-8,10H,5,9,15H2,1-4H3,(H,16,18). The van der Waals surface area contributed by atoms with E-state index in [0.717, 1.165) is 5.69 Å². The summed E-state index contributed by atoms with van der Waals surface area (Å²) in [5, 5.41) is 2.76. The van der Waals surface area contributed by atoms with Crippen LogP contribution in [-0.4, -0.2) is 32.1 Å². The SMILES string of the molecule is CCNC(=O)CN(C)c1cc(N)cc(OC(C)C)c1. The Morgan fingerprint density at radius 3 is 2.68 bits per heavy atom. The third-order valence-electron chi connectivity index (χ3n) is 2.48. The molecule has 0 spiro atoms. The van der Waals surface area contributed by atoms with Crippen LogP contribution in [0.3, 0.4) is 0 Å². The van der Waals surface area contributed by atoms with Crippen LogP contribution in [0.25, 0.3) is 0 Å². The van der Waals surface area contributed by atoms with E-state index in [-0.39, 0.29) is 12.0 Å². The molecular formula is C14H23N3O2. The van der Waals surface area contributed by atoms with Gasteiger partial charge in [0.25, 0.3) is 0 Å². The molecule has 0 aliphatic heterocycles. The summed E-state index contributed by atoms with van der Waals surface area (Å²) in [5.74, 6) is 0.700. The number of carbonyl (C=O) groups is 1. The Bertz CT molecular complexity index is 433. The minimum absolute atomic E-state index is 0.0150. The first kappa shape index (κ1) is 15.1. The minimum Gasteiger partial charge on any atom is -0.491 e. The monoisotopic (exact) mass is 265 g/mol. The van der Waals surface area contributed by atoms with Crippen molar-refractivity contribution in [2.45, 2.75) is 26.9 Å². The number of hydrogen-bond acceptors (Lipinski definition) is 4. The molecule has 1 rings (SSSR count). The molecule has 0 heterocycles. The summed E-state index contributed by atoms with van der Waals surface area (Å²) in [6.45, 7) is 6.74. The molecule has 0 aromatic heterocycles. The zero-order valence-corrected chi connectivity index (χ0v) is 12.1. The maximum Gasteiger partial charge on any atom is 0.239 e. The number of rotatable bonds is 6. The van der Waals surface area contributed by atoms with E-state index in [1.54, 1.807) is 6.07 Å². The molecule has 1 aromatic carbocycles. The second kappa shape index (κ2) is 6.87. The van der Waals surface area contributed by atoms with Gasteiger partial charge in [0.2, 0.25) is 5.91 Å². The fraction of sp³-hybridized carbons (Fsp3) is 0.500. The number of benzene rings is 1. The maximum atomic E-state index is 11.6. The molecule has 0 aliphatic carbocycles. The van der Waals surface area contributed by atoms with Gasteiger partial charge in [-0.15, -0.1) is 0 Å². The molecule has 5 nitrogen and oxygen atoms in total. The average molecular weight is 265 g/mol. The summed E-state index contributed by atoms with van der Waals surface area (Å²) in [6, 6.07) is 5.49. The van der Waals surface area contributed by atoms with Gasteiger partial charge in [0, 0.05) is 37.1 Å². The number of anilines is 2. The van der Waals surface area contributed by atoms with E-state index in [4.69, 9.17) is 10.5 Å². The smallest absolute Gasteiger partial charge is 0.239 e. The van der Waals surface area contributed by atoms with Crippen molar-refractivity contribution in [1.29, 1.82) is 0 Å². The summed E-state index contributed by atoms with van der Waals surface area (Å²) < 4.78 is 5.63. The molecule has 0 bridgehead atoms.